The molecule has 0 amide bonds. The zero-order chi connectivity index (χ0) is 14.5. The first-order valence-electron chi connectivity index (χ1n) is 6.89. The largest absolute Gasteiger partial charge is 0.183 e. The minimum atomic E-state index is -1.05. The molecule has 5 heteroatoms. The Kier molecular flexibility index (Phi) is 5.05. The molecule has 17 heavy (non-hydrogen) atoms. The van der Waals surface area contributed by atoms with Crippen LogP contribution in [0.25, 0.3) is 0 Å². The van der Waals surface area contributed by atoms with E-state index in [9.17, 15) is 0 Å². The van der Waals surface area contributed by atoms with Crippen molar-refractivity contribution in [3.8, 4) is 0 Å². The van der Waals surface area contributed by atoms with E-state index in [1.54, 1.807) is 0 Å². The average Bonchev–Trinajstić information content (AvgIpc) is 1.67. The molecule has 0 heterocycles. The van der Waals surface area contributed by atoms with Crippen molar-refractivity contribution in [2.24, 2.45) is 0 Å². The molecule has 0 spiro atoms. The van der Waals surface area contributed by atoms with Gasteiger partial charge in [-0.15, -0.1) is 5.45 Å². The van der Waals surface area contributed by atoms with Crippen molar-refractivity contribution in [1.29, 1.82) is 0 Å². The van der Waals surface area contributed by atoms with Crippen LogP contribution < -0.4 is 0 Å². The highest BCUT2D eigenvalue weighted by Gasteiger charge is 2.71. The van der Waals surface area contributed by atoms with Gasteiger partial charge in [0.2, 0.25) is 0 Å². The molecule has 0 aliphatic rings. The van der Waals surface area contributed by atoms with Gasteiger partial charge in [0.1, 0.15) is 0 Å². The van der Waals surface area contributed by atoms with E-state index in [2.05, 4.69) is 78.6 Å². The molecule has 0 radical (unpaired) electrons. The quantitative estimate of drug-likeness (QED) is 0.418. The molecule has 0 nitrogen and oxygen atoms in total. The summed E-state index contributed by atoms with van der Waals surface area (Å²) >= 11 is 0. The van der Waals surface area contributed by atoms with Gasteiger partial charge in [0.05, 0.1) is 0 Å². The molecule has 0 aliphatic carbocycles. The maximum absolute atomic E-state index is 2.70. The van der Waals surface area contributed by atoms with Crippen molar-refractivity contribution in [3.05, 3.63) is 0 Å². The van der Waals surface area contributed by atoms with E-state index >= 15 is 0 Å². The number of rotatable bonds is 4. The van der Waals surface area contributed by atoms with Crippen LogP contribution in [0.5, 0.6) is 0 Å². The van der Waals surface area contributed by atoms with Crippen LogP contribution in [0.2, 0.25) is 78.6 Å². The zero-order valence-electron chi connectivity index (χ0n) is 14.4. The first-order chi connectivity index (χ1) is 7.00. The lowest BCUT2D eigenvalue weighted by atomic mass is 11.8. The minimum Gasteiger partial charge on any atom is -0.128 e. The highest BCUT2D eigenvalue weighted by atomic mass is 32.0. The van der Waals surface area contributed by atoms with Crippen LogP contribution in [0.1, 0.15) is 0 Å². The topological polar surface area (TPSA) is 0 Å². The molecular formula is C12H36PSi4+. The van der Waals surface area contributed by atoms with Crippen molar-refractivity contribution < 1.29 is 0 Å². The standard InChI is InChI=1S/C12H36PSi4/c1-14(2,3)13(15(4,5)6,16(7,8)9)17(10,11)12/h1-12H3/q+1. The lowest BCUT2D eigenvalue weighted by Gasteiger charge is -2.60. The summed E-state index contributed by atoms with van der Waals surface area (Å²) in [5, 5.41) is 0. The van der Waals surface area contributed by atoms with E-state index in [1.165, 1.54) is 0 Å². The van der Waals surface area contributed by atoms with Gasteiger partial charge in [-0.1, -0.05) is 0 Å². The molecule has 104 valence electrons. The molecule has 0 saturated heterocycles. The summed E-state index contributed by atoms with van der Waals surface area (Å²) in [6, 6.07) is 0. The zero-order valence-corrected chi connectivity index (χ0v) is 19.3. The fraction of sp³-hybridized carbons (Fsp3) is 1.00. The van der Waals surface area contributed by atoms with Crippen molar-refractivity contribution in [1.82, 2.24) is 0 Å². The highest BCUT2D eigenvalue weighted by molar-refractivity contribution is 8.62. The predicted molar refractivity (Wildman–Crippen MR) is 100 cm³/mol. The first-order valence-corrected chi connectivity index (χ1v) is 26.0. The Morgan fingerprint density at radius 1 is 0.353 bits per heavy atom. The van der Waals surface area contributed by atoms with Gasteiger partial charge in [0, 0.05) is 0 Å². The van der Waals surface area contributed by atoms with Crippen LogP contribution in [0, 0.1) is 0 Å². The maximum Gasteiger partial charge on any atom is 0.183 e. The van der Waals surface area contributed by atoms with Gasteiger partial charge in [0.25, 0.3) is 0 Å². The van der Waals surface area contributed by atoms with E-state index in [0.717, 1.165) is 0 Å². The normalized spacial score (nSPS) is 16.2. The molecule has 0 aliphatic heterocycles. The van der Waals surface area contributed by atoms with Crippen LogP contribution in [0.15, 0.2) is 0 Å². The Labute approximate surface area is 115 Å². The van der Waals surface area contributed by atoms with Crippen LogP contribution in [0.3, 0.4) is 0 Å². The molecule has 0 aromatic heterocycles. The molecule has 0 bridgehead atoms. The molecule has 0 atom stereocenters. The summed E-state index contributed by atoms with van der Waals surface area (Å²) in [7, 11) is -4.19. The SMILES string of the molecule is C[Si](C)(C)[P+]([Si](C)(C)C)([Si](C)(C)C)[Si](C)(C)C. The smallest absolute Gasteiger partial charge is 0.128 e. The monoisotopic (exact) mass is 323 g/mol. The molecule has 0 fully saturated rings. The molecule has 0 N–H and O–H groups in total. The van der Waals surface area contributed by atoms with E-state index in [4.69, 9.17) is 0 Å². The maximum atomic E-state index is 2.70. The molecule has 0 unspecified atom stereocenters. The van der Waals surface area contributed by atoms with Gasteiger partial charge in [-0.2, -0.15) is 0 Å². The summed E-state index contributed by atoms with van der Waals surface area (Å²) in [5.41, 5.74) is -0.676. The van der Waals surface area contributed by atoms with Crippen LogP contribution in [-0.2, 0) is 0 Å². The Hall–Kier alpha value is 1.30. The van der Waals surface area contributed by atoms with Gasteiger partial charge in [0.15, 0.2) is 31.0 Å². The molecule has 0 aromatic carbocycles. The van der Waals surface area contributed by atoms with Crippen LogP contribution >= 0.6 is 5.45 Å². The first kappa shape index (κ1) is 18.3. The fourth-order valence-electron chi connectivity index (χ4n) is 6.04. The highest BCUT2D eigenvalue weighted by Crippen LogP contribution is 2.82. The van der Waals surface area contributed by atoms with E-state index in [1.807, 2.05) is 0 Å². The van der Waals surface area contributed by atoms with Gasteiger partial charge in [-0.3, -0.25) is 0 Å². The van der Waals surface area contributed by atoms with Crippen LogP contribution in [0.4, 0.5) is 0 Å². The molecule has 0 saturated carbocycles. The second-order valence-electron chi connectivity index (χ2n) is 9.35. The lowest BCUT2D eigenvalue weighted by Crippen LogP contribution is -2.60. The Morgan fingerprint density at radius 2 is 0.471 bits per heavy atom. The number of hydrogen-bond acceptors (Lipinski definition) is 0. The summed E-state index contributed by atoms with van der Waals surface area (Å²) in [5.74, 6) is 0. The summed E-state index contributed by atoms with van der Waals surface area (Å²) in [6.45, 7) is 32.4. The lowest BCUT2D eigenvalue weighted by molar-refractivity contribution is 1.77. The van der Waals surface area contributed by atoms with Crippen molar-refractivity contribution in [2.45, 2.75) is 78.6 Å². The third kappa shape index (κ3) is 2.91. The van der Waals surface area contributed by atoms with Crippen molar-refractivity contribution in [3.63, 3.8) is 0 Å². The Morgan fingerprint density at radius 3 is 0.471 bits per heavy atom. The second kappa shape index (κ2) is 4.69. The summed E-state index contributed by atoms with van der Waals surface area (Å²) in [4.78, 5) is 0. The molecule has 0 aromatic rings. The minimum absolute atomic E-state index is 0.676. The average molecular weight is 324 g/mol. The van der Waals surface area contributed by atoms with Gasteiger partial charge in [-0.05, 0) is 78.6 Å². The second-order valence-corrected chi connectivity index (χ2v) is 60.3. The third-order valence-corrected chi connectivity index (χ3v) is 109. The summed E-state index contributed by atoms with van der Waals surface area (Å²) in [6.07, 6.45) is 0. The van der Waals surface area contributed by atoms with Crippen LogP contribution in [-0.4, -0.2) is 31.0 Å². The van der Waals surface area contributed by atoms with E-state index < -0.39 is 36.4 Å². The molecular weight excluding hydrogens is 287 g/mol. The van der Waals surface area contributed by atoms with E-state index in [-0.39, 0.29) is 0 Å². The van der Waals surface area contributed by atoms with Gasteiger partial charge >= 0.3 is 0 Å². The van der Waals surface area contributed by atoms with Gasteiger partial charge < -0.3 is 0 Å². The Bertz CT molecular complexity index is 211. The predicted octanol–water partition coefficient (Wildman–Crippen LogP) is 6.34. The van der Waals surface area contributed by atoms with Crippen molar-refractivity contribution >= 4 is 36.4 Å². The Balaban J connectivity index is 6.37. The fourth-order valence-corrected chi connectivity index (χ4v) is 163. The van der Waals surface area contributed by atoms with Crippen molar-refractivity contribution in [2.75, 3.05) is 0 Å². The number of hydrogen-bond donors (Lipinski definition) is 0. The third-order valence-electron chi connectivity index (χ3n) is 4.02. The summed E-state index contributed by atoms with van der Waals surface area (Å²) < 4.78 is 0. The van der Waals surface area contributed by atoms with Gasteiger partial charge in [-0.25, -0.2) is 0 Å². The molecule has 0 rings (SSSR count). The van der Waals surface area contributed by atoms with E-state index in [0.29, 0.717) is 0 Å².